The first-order valence-electron chi connectivity index (χ1n) is 11.9. The molecular formula is C28H25F3N6O. The summed E-state index contributed by atoms with van der Waals surface area (Å²) in [6, 6.07) is 21.3. The molecule has 38 heavy (non-hydrogen) atoms. The van der Waals surface area contributed by atoms with Crippen molar-refractivity contribution < 1.29 is 18.0 Å². The van der Waals surface area contributed by atoms with Gasteiger partial charge in [-0.3, -0.25) is 9.48 Å². The van der Waals surface area contributed by atoms with Crippen LogP contribution in [-0.2, 0) is 11.3 Å². The quantitative estimate of drug-likeness (QED) is 0.307. The van der Waals surface area contributed by atoms with E-state index in [1.165, 1.54) is 18.6 Å². The van der Waals surface area contributed by atoms with Crippen LogP contribution in [-0.4, -0.2) is 33.4 Å². The van der Waals surface area contributed by atoms with Gasteiger partial charge in [-0.05, 0) is 41.3 Å². The molecule has 0 aliphatic rings. The second-order valence-electron chi connectivity index (χ2n) is 8.85. The molecule has 0 fully saturated rings. The zero-order valence-corrected chi connectivity index (χ0v) is 20.5. The average molecular weight is 519 g/mol. The number of hydrogen-bond acceptors (Lipinski definition) is 5. The number of pyridine rings is 1. The number of carbonyl (C=O) groups is 1. The molecule has 0 aliphatic heterocycles. The van der Waals surface area contributed by atoms with E-state index in [-0.39, 0.29) is 11.8 Å². The lowest BCUT2D eigenvalue weighted by Gasteiger charge is -2.21. The van der Waals surface area contributed by atoms with Gasteiger partial charge in [0.15, 0.2) is 0 Å². The van der Waals surface area contributed by atoms with Crippen LogP contribution in [0, 0.1) is 11.3 Å². The maximum atomic E-state index is 13.3. The van der Waals surface area contributed by atoms with Gasteiger partial charge in [-0.15, -0.1) is 0 Å². The summed E-state index contributed by atoms with van der Waals surface area (Å²) in [4.78, 5) is 17.5. The molecule has 0 aliphatic carbocycles. The van der Waals surface area contributed by atoms with Gasteiger partial charge in [0.25, 0.3) is 0 Å². The fourth-order valence-corrected chi connectivity index (χ4v) is 3.93. The molecule has 2 aromatic carbocycles. The Hall–Kier alpha value is -4.49. The van der Waals surface area contributed by atoms with Crippen molar-refractivity contribution in [1.82, 2.24) is 20.1 Å². The molecule has 4 rings (SSSR count). The number of anilines is 1. The highest BCUT2D eigenvalue weighted by Crippen LogP contribution is 2.23. The predicted octanol–water partition coefficient (Wildman–Crippen LogP) is 5.45. The van der Waals surface area contributed by atoms with Crippen LogP contribution in [0.2, 0.25) is 0 Å². The van der Waals surface area contributed by atoms with E-state index in [4.69, 9.17) is 5.26 Å². The van der Waals surface area contributed by atoms with E-state index >= 15 is 0 Å². The number of halogens is 3. The second kappa shape index (κ2) is 11.7. The Balaban J connectivity index is 1.43. The third kappa shape index (κ3) is 7.05. The number of carbonyl (C=O) groups excluding carboxylic acids is 1. The first kappa shape index (κ1) is 26.6. The molecule has 1 unspecified atom stereocenters. The minimum Gasteiger partial charge on any atom is -0.309 e. The Morgan fingerprint density at radius 3 is 2.37 bits per heavy atom. The van der Waals surface area contributed by atoms with Gasteiger partial charge in [-0.1, -0.05) is 49.4 Å². The Morgan fingerprint density at radius 2 is 1.74 bits per heavy atom. The number of amides is 1. The molecule has 0 saturated heterocycles. The molecular weight excluding hydrogens is 493 g/mol. The molecule has 2 atom stereocenters. The highest BCUT2D eigenvalue weighted by molar-refractivity contribution is 5.95. The summed E-state index contributed by atoms with van der Waals surface area (Å²) in [5.74, 6) is 0.0863. The van der Waals surface area contributed by atoms with Crippen LogP contribution >= 0.6 is 0 Å². The molecule has 2 N–H and O–H groups in total. The zero-order valence-electron chi connectivity index (χ0n) is 20.5. The van der Waals surface area contributed by atoms with Crippen molar-refractivity contribution in [3.63, 3.8) is 0 Å². The molecule has 2 aromatic heterocycles. The van der Waals surface area contributed by atoms with Crippen LogP contribution in [0.5, 0.6) is 0 Å². The SMILES string of the molecule is C[C@@H](CNC(C(=O)Nc1ccc(-c2cnn(CC(F)(F)F)c2)cn1)c1ccccc1)c1ccc(C#N)cc1. The number of alkyl halides is 3. The van der Waals surface area contributed by atoms with E-state index in [2.05, 4.69) is 26.8 Å². The van der Waals surface area contributed by atoms with E-state index in [1.807, 2.05) is 49.4 Å². The van der Waals surface area contributed by atoms with Gasteiger partial charge in [0.1, 0.15) is 18.4 Å². The summed E-state index contributed by atoms with van der Waals surface area (Å²) in [6.07, 6.45) is -0.250. The molecule has 0 bridgehead atoms. The van der Waals surface area contributed by atoms with Crippen LogP contribution in [0.4, 0.5) is 19.0 Å². The van der Waals surface area contributed by atoms with Gasteiger partial charge < -0.3 is 10.6 Å². The smallest absolute Gasteiger partial charge is 0.309 e. The highest BCUT2D eigenvalue weighted by Gasteiger charge is 2.28. The third-order valence-corrected chi connectivity index (χ3v) is 5.95. The van der Waals surface area contributed by atoms with E-state index in [0.717, 1.165) is 15.8 Å². The molecule has 0 radical (unpaired) electrons. The van der Waals surface area contributed by atoms with Crippen LogP contribution in [0.15, 0.2) is 85.3 Å². The van der Waals surface area contributed by atoms with Crippen molar-refractivity contribution in [2.24, 2.45) is 0 Å². The first-order valence-corrected chi connectivity index (χ1v) is 11.9. The summed E-state index contributed by atoms with van der Waals surface area (Å²) in [7, 11) is 0. The standard InChI is InChI=1S/C28H25F3N6O/c1-19(21-9-7-20(13-32)8-10-21)14-34-26(22-5-3-2-4-6-22)27(38)36-25-12-11-23(15-33-25)24-16-35-37(17-24)18-28(29,30)31/h2-12,15-17,19,26,34H,14,18H2,1H3,(H,33,36,38)/t19-,26?/m0/s1. The molecule has 0 saturated carbocycles. The third-order valence-electron chi connectivity index (χ3n) is 5.95. The average Bonchev–Trinajstić information content (AvgIpc) is 3.36. The van der Waals surface area contributed by atoms with Gasteiger partial charge >= 0.3 is 6.18 Å². The van der Waals surface area contributed by atoms with Crippen LogP contribution in [0.1, 0.15) is 35.6 Å². The molecule has 194 valence electrons. The van der Waals surface area contributed by atoms with E-state index in [9.17, 15) is 18.0 Å². The Morgan fingerprint density at radius 1 is 1.00 bits per heavy atom. The summed E-state index contributed by atoms with van der Waals surface area (Å²) < 4.78 is 38.6. The topological polar surface area (TPSA) is 95.6 Å². The van der Waals surface area contributed by atoms with Crippen molar-refractivity contribution in [3.8, 4) is 17.2 Å². The largest absolute Gasteiger partial charge is 0.408 e. The maximum Gasteiger partial charge on any atom is 0.408 e. The molecule has 10 heteroatoms. The van der Waals surface area contributed by atoms with E-state index < -0.39 is 18.8 Å². The molecule has 2 heterocycles. The van der Waals surface area contributed by atoms with Gasteiger partial charge in [-0.25, -0.2) is 4.98 Å². The molecule has 1 amide bonds. The minimum absolute atomic E-state index is 0.0809. The van der Waals surface area contributed by atoms with Gasteiger partial charge in [0.05, 0.1) is 17.8 Å². The minimum atomic E-state index is -4.36. The molecule has 7 nitrogen and oxygen atoms in total. The van der Waals surface area contributed by atoms with Crippen LogP contribution in [0.25, 0.3) is 11.1 Å². The van der Waals surface area contributed by atoms with E-state index in [0.29, 0.717) is 29.1 Å². The number of hydrogen-bond donors (Lipinski definition) is 2. The Bertz CT molecular complexity index is 1390. The van der Waals surface area contributed by atoms with Crippen molar-refractivity contribution >= 4 is 11.7 Å². The Kier molecular flexibility index (Phi) is 8.19. The van der Waals surface area contributed by atoms with Crippen molar-refractivity contribution in [3.05, 3.63) is 102 Å². The number of aromatic nitrogens is 3. The number of rotatable bonds is 9. The number of nitrogens with zero attached hydrogens (tertiary/aromatic N) is 4. The molecule has 4 aromatic rings. The summed E-state index contributed by atoms with van der Waals surface area (Å²) in [5.41, 5.74) is 3.47. The zero-order chi connectivity index (χ0) is 27.1. The fraction of sp³-hybridized carbons (Fsp3) is 0.214. The normalized spacial score (nSPS) is 12.9. The Labute approximate surface area is 217 Å². The maximum absolute atomic E-state index is 13.3. The predicted molar refractivity (Wildman–Crippen MR) is 137 cm³/mol. The summed E-state index contributed by atoms with van der Waals surface area (Å²) in [6.45, 7) is 1.37. The van der Waals surface area contributed by atoms with Crippen LogP contribution < -0.4 is 10.6 Å². The second-order valence-corrected chi connectivity index (χ2v) is 8.85. The molecule has 0 spiro atoms. The van der Waals surface area contributed by atoms with Crippen molar-refractivity contribution in [1.29, 1.82) is 5.26 Å². The summed E-state index contributed by atoms with van der Waals surface area (Å²) >= 11 is 0. The monoisotopic (exact) mass is 518 g/mol. The highest BCUT2D eigenvalue weighted by atomic mass is 19.4. The van der Waals surface area contributed by atoms with Crippen molar-refractivity contribution in [2.75, 3.05) is 11.9 Å². The van der Waals surface area contributed by atoms with Gasteiger partial charge in [0, 0.05) is 30.1 Å². The van der Waals surface area contributed by atoms with Gasteiger partial charge in [0.2, 0.25) is 5.91 Å². The first-order chi connectivity index (χ1) is 18.2. The number of nitrogens with one attached hydrogen (secondary N) is 2. The fourth-order valence-electron chi connectivity index (χ4n) is 3.93. The lowest BCUT2D eigenvalue weighted by atomic mass is 9.98. The van der Waals surface area contributed by atoms with E-state index in [1.54, 1.807) is 24.3 Å². The van der Waals surface area contributed by atoms with Crippen molar-refractivity contribution in [2.45, 2.75) is 31.6 Å². The lowest BCUT2D eigenvalue weighted by molar-refractivity contribution is -0.142. The lowest BCUT2D eigenvalue weighted by Crippen LogP contribution is -2.35. The van der Waals surface area contributed by atoms with Gasteiger partial charge in [-0.2, -0.15) is 23.5 Å². The number of benzene rings is 2. The summed E-state index contributed by atoms with van der Waals surface area (Å²) in [5, 5.41) is 18.9. The van der Waals surface area contributed by atoms with Crippen LogP contribution in [0.3, 0.4) is 0 Å². The number of nitriles is 1.